The highest BCUT2D eigenvalue weighted by Crippen LogP contribution is 2.22. The van der Waals surface area contributed by atoms with E-state index in [-0.39, 0.29) is 0 Å². The van der Waals surface area contributed by atoms with Crippen LogP contribution in [0.3, 0.4) is 0 Å². The first-order valence-electron chi connectivity index (χ1n) is 6.56. The van der Waals surface area contributed by atoms with Gasteiger partial charge in [-0.2, -0.15) is 0 Å². The summed E-state index contributed by atoms with van der Waals surface area (Å²) < 4.78 is 0. The molecule has 0 aliphatic carbocycles. The molecule has 1 N–H and O–H groups in total. The number of hydrogen-bond acceptors (Lipinski definition) is 2. The van der Waals surface area contributed by atoms with Crippen molar-refractivity contribution in [1.82, 2.24) is 10.2 Å². The molecule has 1 heterocycles. The summed E-state index contributed by atoms with van der Waals surface area (Å²) in [5.74, 6) is 2.58. The molecule has 0 saturated carbocycles. The predicted molar refractivity (Wildman–Crippen MR) is 67.1 cm³/mol. The first-order chi connectivity index (χ1) is 7.13. The molecular weight excluding hydrogens is 184 g/mol. The second-order valence-corrected chi connectivity index (χ2v) is 5.42. The second-order valence-electron chi connectivity index (χ2n) is 5.42. The molecule has 1 fully saturated rings. The van der Waals surface area contributed by atoms with Gasteiger partial charge in [0, 0.05) is 13.1 Å². The molecule has 90 valence electrons. The summed E-state index contributed by atoms with van der Waals surface area (Å²) in [5, 5.41) is 3.43. The van der Waals surface area contributed by atoms with Gasteiger partial charge < -0.3 is 10.2 Å². The van der Waals surface area contributed by atoms with Gasteiger partial charge in [0.05, 0.1) is 0 Å². The fraction of sp³-hybridized carbons (Fsp3) is 1.00. The highest BCUT2D eigenvalue weighted by molar-refractivity contribution is 4.76. The number of hydrogen-bond donors (Lipinski definition) is 1. The van der Waals surface area contributed by atoms with E-state index in [9.17, 15) is 0 Å². The van der Waals surface area contributed by atoms with Crippen LogP contribution in [0.25, 0.3) is 0 Å². The molecule has 0 aromatic heterocycles. The van der Waals surface area contributed by atoms with Crippen molar-refractivity contribution in [2.75, 3.05) is 32.7 Å². The normalized spacial score (nSPS) is 30.4. The van der Waals surface area contributed by atoms with Gasteiger partial charge in [-0.05, 0) is 43.8 Å². The minimum atomic E-state index is 0.783. The van der Waals surface area contributed by atoms with Crippen molar-refractivity contribution >= 4 is 0 Å². The van der Waals surface area contributed by atoms with E-state index in [1.54, 1.807) is 0 Å². The van der Waals surface area contributed by atoms with E-state index in [2.05, 4.69) is 37.9 Å². The van der Waals surface area contributed by atoms with Gasteiger partial charge >= 0.3 is 0 Å². The molecule has 15 heavy (non-hydrogen) atoms. The summed E-state index contributed by atoms with van der Waals surface area (Å²) in [6.45, 7) is 15.5. The summed E-state index contributed by atoms with van der Waals surface area (Å²) in [7, 11) is 0. The lowest BCUT2D eigenvalue weighted by molar-refractivity contribution is 0.123. The maximum atomic E-state index is 3.43. The zero-order chi connectivity index (χ0) is 11.3. The van der Waals surface area contributed by atoms with Gasteiger partial charge in [0.1, 0.15) is 0 Å². The van der Waals surface area contributed by atoms with Crippen molar-refractivity contribution < 1.29 is 0 Å². The Morgan fingerprint density at radius 1 is 1.33 bits per heavy atom. The van der Waals surface area contributed by atoms with Crippen LogP contribution in [0.2, 0.25) is 0 Å². The molecule has 1 aliphatic rings. The number of nitrogens with one attached hydrogen (secondary N) is 1. The van der Waals surface area contributed by atoms with Crippen molar-refractivity contribution in [2.24, 2.45) is 17.8 Å². The number of nitrogens with zero attached hydrogens (tertiary/aromatic N) is 1. The largest absolute Gasteiger partial charge is 0.317 e. The summed E-state index contributed by atoms with van der Waals surface area (Å²) in [6, 6.07) is 0. The maximum Gasteiger partial charge on any atom is 0.00193 e. The van der Waals surface area contributed by atoms with E-state index < -0.39 is 0 Å². The molecule has 3 unspecified atom stereocenters. The smallest absolute Gasteiger partial charge is 0.00193 e. The second kappa shape index (κ2) is 6.49. The molecule has 1 saturated heterocycles. The van der Waals surface area contributed by atoms with Crippen molar-refractivity contribution in [1.29, 1.82) is 0 Å². The van der Waals surface area contributed by atoms with Crippen LogP contribution in [0.1, 0.15) is 34.1 Å². The van der Waals surface area contributed by atoms with Gasteiger partial charge in [0.2, 0.25) is 0 Å². The van der Waals surface area contributed by atoms with Crippen LogP contribution in [0.15, 0.2) is 0 Å². The van der Waals surface area contributed by atoms with Crippen molar-refractivity contribution in [3.05, 3.63) is 0 Å². The average Bonchev–Trinajstić information content (AvgIpc) is 2.20. The summed E-state index contributed by atoms with van der Waals surface area (Å²) >= 11 is 0. The molecule has 2 nitrogen and oxygen atoms in total. The number of piperidine rings is 1. The highest BCUT2D eigenvalue weighted by Gasteiger charge is 2.23. The van der Waals surface area contributed by atoms with E-state index in [4.69, 9.17) is 0 Å². The van der Waals surface area contributed by atoms with Crippen LogP contribution in [-0.2, 0) is 0 Å². The van der Waals surface area contributed by atoms with Gasteiger partial charge in [-0.15, -0.1) is 0 Å². The van der Waals surface area contributed by atoms with Crippen LogP contribution < -0.4 is 5.32 Å². The lowest BCUT2D eigenvalue weighted by Crippen LogP contribution is -2.42. The Labute approximate surface area is 95.4 Å². The molecule has 0 spiro atoms. The molecular formula is C13H28N2. The van der Waals surface area contributed by atoms with Crippen LogP contribution in [0, 0.1) is 17.8 Å². The summed E-state index contributed by atoms with van der Waals surface area (Å²) in [5.41, 5.74) is 0. The zero-order valence-electron chi connectivity index (χ0n) is 10.9. The average molecular weight is 212 g/mol. The van der Waals surface area contributed by atoms with E-state index in [0.29, 0.717) is 0 Å². The minimum absolute atomic E-state index is 0.783. The molecule has 1 rings (SSSR count). The van der Waals surface area contributed by atoms with Crippen molar-refractivity contribution in [2.45, 2.75) is 34.1 Å². The lowest BCUT2D eigenvalue weighted by Gasteiger charge is -2.36. The zero-order valence-corrected chi connectivity index (χ0v) is 10.9. The summed E-state index contributed by atoms with van der Waals surface area (Å²) in [6.07, 6.45) is 1.38. The van der Waals surface area contributed by atoms with Crippen LogP contribution in [0.4, 0.5) is 0 Å². The third-order valence-corrected chi connectivity index (χ3v) is 3.73. The Kier molecular flexibility index (Phi) is 5.62. The van der Waals surface area contributed by atoms with Gasteiger partial charge in [-0.3, -0.25) is 0 Å². The first kappa shape index (κ1) is 13.0. The maximum absolute atomic E-state index is 3.43. The minimum Gasteiger partial charge on any atom is -0.317 e. The topological polar surface area (TPSA) is 15.3 Å². The molecule has 0 aromatic rings. The van der Waals surface area contributed by atoms with Crippen LogP contribution in [0.5, 0.6) is 0 Å². The molecule has 0 radical (unpaired) electrons. The third kappa shape index (κ3) is 4.52. The van der Waals surface area contributed by atoms with Crippen molar-refractivity contribution in [3.63, 3.8) is 0 Å². The van der Waals surface area contributed by atoms with Gasteiger partial charge in [-0.1, -0.05) is 27.7 Å². The monoisotopic (exact) mass is 212 g/mol. The van der Waals surface area contributed by atoms with Gasteiger partial charge in [-0.25, -0.2) is 0 Å². The van der Waals surface area contributed by atoms with Gasteiger partial charge in [0.15, 0.2) is 0 Å². The summed E-state index contributed by atoms with van der Waals surface area (Å²) in [4.78, 5) is 2.65. The quantitative estimate of drug-likeness (QED) is 0.751. The fourth-order valence-corrected chi connectivity index (χ4v) is 2.41. The van der Waals surface area contributed by atoms with Crippen LogP contribution in [-0.4, -0.2) is 37.6 Å². The molecule has 0 bridgehead atoms. The highest BCUT2D eigenvalue weighted by atomic mass is 15.1. The standard InChI is InChI=1S/C13H28N2/c1-5-14-8-11(2)9-15-7-6-12(3)13(4)10-15/h11-14H,5-10H2,1-4H3. The van der Waals surface area contributed by atoms with Gasteiger partial charge in [0.25, 0.3) is 0 Å². The molecule has 0 amide bonds. The third-order valence-electron chi connectivity index (χ3n) is 3.73. The van der Waals surface area contributed by atoms with E-state index in [0.717, 1.165) is 30.8 Å². The Balaban J connectivity index is 2.21. The van der Waals surface area contributed by atoms with E-state index in [1.807, 2.05) is 0 Å². The molecule has 0 aromatic carbocycles. The SMILES string of the molecule is CCNCC(C)CN1CCC(C)C(C)C1. The van der Waals surface area contributed by atoms with E-state index in [1.165, 1.54) is 26.1 Å². The molecule has 3 atom stereocenters. The Morgan fingerprint density at radius 2 is 2.07 bits per heavy atom. The Hall–Kier alpha value is -0.0800. The Bertz CT molecular complexity index is 170. The number of likely N-dealkylation sites (tertiary alicyclic amines) is 1. The lowest BCUT2D eigenvalue weighted by atomic mass is 9.88. The Morgan fingerprint density at radius 3 is 2.67 bits per heavy atom. The molecule has 1 aliphatic heterocycles. The first-order valence-corrected chi connectivity index (χ1v) is 6.56. The fourth-order valence-electron chi connectivity index (χ4n) is 2.41. The predicted octanol–water partition coefficient (Wildman–Crippen LogP) is 2.21. The molecule has 2 heteroatoms. The van der Waals surface area contributed by atoms with Crippen LogP contribution >= 0.6 is 0 Å². The van der Waals surface area contributed by atoms with Crippen molar-refractivity contribution in [3.8, 4) is 0 Å². The van der Waals surface area contributed by atoms with E-state index >= 15 is 0 Å². The number of rotatable bonds is 5.